The average molecular weight is 272 g/mol. The smallest absolute Gasteiger partial charge is 0.0366 e. The molecule has 20 heavy (non-hydrogen) atoms. The lowest BCUT2D eigenvalue weighted by atomic mass is 9.98. The Labute approximate surface area is 123 Å². The molecule has 1 aliphatic heterocycles. The zero-order chi connectivity index (χ0) is 13.8. The number of hydrogen-bond acceptors (Lipinski definition) is 2. The van der Waals surface area contributed by atoms with E-state index in [4.69, 9.17) is 0 Å². The van der Waals surface area contributed by atoms with E-state index in [-0.39, 0.29) is 0 Å². The summed E-state index contributed by atoms with van der Waals surface area (Å²) in [6.45, 7) is 7.08. The second-order valence-electron chi connectivity index (χ2n) is 6.66. The van der Waals surface area contributed by atoms with Crippen molar-refractivity contribution >= 4 is 5.69 Å². The molecule has 0 amide bonds. The lowest BCUT2D eigenvalue weighted by molar-refractivity contribution is 0.392. The van der Waals surface area contributed by atoms with Crippen LogP contribution in [0.3, 0.4) is 0 Å². The first kappa shape index (κ1) is 13.9. The molecule has 0 bridgehead atoms. The van der Waals surface area contributed by atoms with Crippen molar-refractivity contribution in [2.45, 2.75) is 45.6 Å². The topological polar surface area (TPSA) is 15.3 Å². The van der Waals surface area contributed by atoms with Crippen LogP contribution in [0.2, 0.25) is 0 Å². The summed E-state index contributed by atoms with van der Waals surface area (Å²) in [4.78, 5) is 2.50. The van der Waals surface area contributed by atoms with E-state index in [2.05, 4.69) is 41.4 Å². The minimum atomic E-state index is 0.902. The van der Waals surface area contributed by atoms with Gasteiger partial charge in [-0.15, -0.1) is 0 Å². The first-order chi connectivity index (χ1) is 9.83. The largest absolute Gasteiger partial charge is 0.372 e. The Morgan fingerprint density at radius 1 is 1.05 bits per heavy atom. The van der Waals surface area contributed by atoms with Crippen LogP contribution in [0.1, 0.15) is 44.6 Å². The second kappa shape index (κ2) is 6.62. The van der Waals surface area contributed by atoms with E-state index in [9.17, 15) is 0 Å². The summed E-state index contributed by atoms with van der Waals surface area (Å²) in [5, 5.41) is 3.65. The Morgan fingerprint density at radius 2 is 1.80 bits per heavy atom. The third-order valence-electron chi connectivity index (χ3n) is 5.18. The molecule has 1 aromatic carbocycles. The van der Waals surface area contributed by atoms with E-state index in [1.54, 1.807) is 0 Å². The molecule has 2 aliphatic rings. The van der Waals surface area contributed by atoms with Crippen molar-refractivity contribution in [3.8, 4) is 0 Å². The Balaban J connectivity index is 1.45. The summed E-state index contributed by atoms with van der Waals surface area (Å²) in [7, 11) is 0. The average Bonchev–Trinajstić information content (AvgIpc) is 3.12. The first-order valence-electron chi connectivity index (χ1n) is 8.37. The van der Waals surface area contributed by atoms with Gasteiger partial charge in [-0.2, -0.15) is 0 Å². The molecule has 2 atom stereocenters. The van der Waals surface area contributed by atoms with Gasteiger partial charge in [-0.25, -0.2) is 0 Å². The van der Waals surface area contributed by atoms with Crippen molar-refractivity contribution in [2.24, 2.45) is 11.8 Å². The lowest BCUT2D eigenvalue weighted by Crippen LogP contribution is -2.24. The molecule has 0 aromatic heterocycles. The molecule has 1 aromatic rings. The molecule has 110 valence electrons. The Bertz CT molecular complexity index is 406. The normalized spacial score (nSPS) is 26.4. The molecule has 3 rings (SSSR count). The fraction of sp³-hybridized carbons (Fsp3) is 0.667. The van der Waals surface area contributed by atoms with E-state index >= 15 is 0 Å². The molecule has 1 saturated carbocycles. The van der Waals surface area contributed by atoms with Crippen molar-refractivity contribution in [1.82, 2.24) is 5.32 Å². The van der Waals surface area contributed by atoms with Gasteiger partial charge in [0.05, 0.1) is 0 Å². The highest BCUT2D eigenvalue weighted by Gasteiger charge is 2.22. The van der Waals surface area contributed by atoms with E-state index in [0.29, 0.717) is 0 Å². The summed E-state index contributed by atoms with van der Waals surface area (Å²) in [6, 6.07) is 9.17. The minimum absolute atomic E-state index is 0.902. The Kier molecular flexibility index (Phi) is 4.62. The molecule has 0 spiro atoms. The summed E-state index contributed by atoms with van der Waals surface area (Å²) < 4.78 is 0. The summed E-state index contributed by atoms with van der Waals surface area (Å²) in [5.41, 5.74) is 2.81. The summed E-state index contributed by atoms with van der Waals surface area (Å²) >= 11 is 0. The van der Waals surface area contributed by atoms with Crippen LogP contribution in [0.25, 0.3) is 0 Å². The van der Waals surface area contributed by atoms with E-state index in [1.165, 1.54) is 63.0 Å². The maximum absolute atomic E-state index is 3.65. The predicted molar refractivity (Wildman–Crippen MR) is 86.1 cm³/mol. The number of rotatable bonds is 5. The number of nitrogens with one attached hydrogen (secondary N) is 1. The molecule has 0 radical (unpaired) electrons. The SMILES string of the molecule is CC1CCCC1CNCc1ccc(N2CCCC2)cc1. The number of nitrogens with zero attached hydrogens (tertiary/aromatic N) is 1. The van der Waals surface area contributed by atoms with Gasteiger partial charge >= 0.3 is 0 Å². The highest BCUT2D eigenvalue weighted by molar-refractivity contribution is 5.48. The molecule has 2 heteroatoms. The van der Waals surface area contributed by atoms with Gasteiger partial charge in [0.15, 0.2) is 0 Å². The van der Waals surface area contributed by atoms with E-state index in [1.807, 2.05) is 0 Å². The number of hydrogen-bond donors (Lipinski definition) is 1. The zero-order valence-electron chi connectivity index (χ0n) is 12.8. The van der Waals surface area contributed by atoms with Crippen LogP contribution in [0, 0.1) is 11.8 Å². The number of benzene rings is 1. The van der Waals surface area contributed by atoms with Gasteiger partial charge in [-0.3, -0.25) is 0 Å². The molecule has 1 N–H and O–H groups in total. The molecule has 2 unspecified atom stereocenters. The maximum Gasteiger partial charge on any atom is 0.0366 e. The van der Waals surface area contributed by atoms with Crippen LogP contribution in [0.4, 0.5) is 5.69 Å². The van der Waals surface area contributed by atoms with E-state index < -0.39 is 0 Å². The minimum Gasteiger partial charge on any atom is -0.372 e. The third kappa shape index (κ3) is 3.35. The van der Waals surface area contributed by atoms with Gasteiger partial charge in [-0.05, 0) is 55.3 Å². The summed E-state index contributed by atoms with van der Waals surface area (Å²) in [6.07, 6.45) is 6.97. The van der Waals surface area contributed by atoms with Crippen molar-refractivity contribution in [3.63, 3.8) is 0 Å². The molecule has 1 aliphatic carbocycles. The van der Waals surface area contributed by atoms with Gasteiger partial charge in [0.25, 0.3) is 0 Å². The van der Waals surface area contributed by atoms with Crippen molar-refractivity contribution in [1.29, 1.82) is 0 Å². The van der Waals surface area contributed by atoms with Crippen LogP contribution in [-0.2, 0) is 6.54 Å². The third-order valence-corrected chi connectivity index (χ3v) is 5.18. The predicted octanol–water partition coefficient (Wildman–Crippen LogP) is 3.81. The quantitative estimate of drug-likeness (QED) is 0.877. The summed E-state index contributed by atoms with van der Waals surface area (Å²) in [5.74, 6) is 1.82. The molecular formula is C18H28N2. The Morgan fingerprint density at radius 3 is 2.45 bits per heavy atom. The zero-order valence-corrected chi connectivity index (χ0v) is 12.8. The Hall–Kier alpha value is -1.02. The van der Waals surface area contributed by atoms with Crippen LogP contribution in [0.5, 0.6) is 0 Å². The van der Waals surface area contributed by atoms with Crippen molar-refractivity contribution in [2.75, 3.05) is 24.5 Å². The molecule has 2 fully saturated rings. The molecule has 1 saturated heterocycles. The molecule has 1 heterocycles. The highest BCUT2D eigenvalue weighted by atomic mass is 15.1. The fourth-order valence-electron chi connectivity index (χ4n) is 3.73. The van der Waals surface area contributed by atoms with E-state index in [0.717, 1.165) is 18.4 Å². The van der Waals surface area contributed by atoms with Crippen molar-refractivity contribution < 1.29 is 0 Å². The van der Waals surface area contributed by atoms with Crippen LogP contribution in [-0.4, -0.2) is 19.6 Å². The highest BCUT2D eigenvalue weighted by Crippen LogP contribution is 2.30. The molecular weight excluding hydrogens is 244 g/mol. The van der Waals surface area contributed by atoms with Crippen LogP contribution < -0.4 is 10.2 Å². The fourth-order valence-corrected chi connectivity index (χ4v) is 3.73. The van der Waals surface area contributed by atoms with Crippen LogP contribution >= 0.6 is 0 Å². The van der Waals surface area contributed by atoms with Crippen molar-refractivity contribution in [3.05, 3.63) is 29.8 Å². The van der Waals surface area contributed by atoms with Gasteiger partial charge in [-0.1, -0.05) is 31.9 Å². The van der Waals surface area contributed by atoms with Gasteiger partial charge in [0, 0.05) is 25.3 Å². The van der Waals surface area contributed by atoms with Gasteiger partial charge in [0.2, 0.25) is 0 Å². The molecule has 2 nitrogen and oxygen atoms in total. The maximum atomic E-state index is 3.65. The first-order valence-corrected chi connectivity index (χ1v) is 8.37. The van der Waals surface area contributed by atoms with Gasteiger partial charge in [0.1, 0.15) is 0 Å². The monoisotopic (exact) mass is 272 g/mol. The van der Waals surface area contributed by atoms with Crippen LogP contribution in [0.15, 0.2) is 24.3 Å². The van der Waals surface area contributed by atoms with Gasteiger partial charge < -0.3 is 10.2 Å². The lowest BCUT2D eigenvalue weighted by Gasteiger charge is -2.18. The second-order valence-corrected chi connectivity index (χ2v) is 6.66. The standard InChI is InChI=1S/C18H28N2/c1-15-5-4-6-17(15)14-19-13-16-7-9-18(10-8-16)20-11-2-3-12-20/h7-10,15,17,19H,2-6,11-14H2,1H3. The number of anilines is 1.